The molecule has 0 saturated carbocycles. The van der Waals surface area contributed by atoms with E-state index in [2.05, 4.69) is 12.2 Å². The molecular formula is C15H24FNO2. The van der Waals surface area contributed by atoms with Crippen molar-refractivity contribution in [3.05, 3.63) is 29.6 Å². The van der Waals surface area contributed by atoms with Gasteiger partial charge < -0.3 is 15.2 Å². The van der Waals surface area contributed by atoms with E-state index in [0.717, 1.165) is 24.9 Å². The van der Waals surface area contributed by atoms with Gasteiger partial charge in [-0.15, -0.1) is 0 Å². The summed E-state index contributed by atoms with van der Waals surface area (Å²) in [6, 6.07) is 5.04. The van der Waals surface area contributed by atoms with Crippen molar-refractivity contribution in [3.8, 4) is 5.75 Å². The van der Waals surface area contributed by atoms with Crippen LogP contribution < -0.4 is 10.1 Å². The zero-order valence-electron chi connectivity index (χ0n) is 11.9. The number of methoxy groups -OCH3 is 1. The van der Waals surface area contributed by atoms with Gasteiger partial charge in [0.1, 0.15) is 0 Å². The molecule has 1 aromatic carbocycles. The number of rotatable bonds is 8. The molecule has 1 rings (SSSR count). The number of aliphatic hydroxyl groups excluding tert-OH is 1. The van der Waals surface area contributed by atoms with Crippen molar-refractivity contribution in [2.24, 2.45) is 5.92 Å². The predicted molar refractivity (Wildman–Crippen MR) is 74.9 cm³/mol. The first kappa shape index (κ1) is 15.9. The molecular weight excluding hydrogens is 245 g/mol. The minimum Gasteiger partial charge on any atom is -0.494 e. The number of hydrogen-bond acceptors (Lipinski definition) is 3. The quantitative estimate of drug-likeness (QED) is 0.762. The number of halogens is 1. The van der Waals surface area contributed by atoms with Crippen molar-refractivity contribution in [3.63, 3.8) is 0 Å². The predicted octanol–water partition coefficient (Wildman–Crippen LogP) is 2.89. The topological polar surface area (TPSA) is 41.5 Å². The molecule has 0 bridgehead atoms. The van der Waals surface area contributed by atoms with Gasteiger partial charge in [-0.3, -0.25) is 0 Å². The van der Waals surface area contributed by atoms with E-state index in [1.54, 1.807) is 12.1 Å². The lowest BCUT2D eigenvalue weighted by molar-refractivity contribution is 0.249. The van der Waals surface area contributed by atoms with Gasteiger partial charge in [-0.1, -0.05) is 19.4 Å². The number of benzene rings is 1. The molecule has 0 radical (unpaired) electrons. The van der Waals surface area contributed by atoms with Gasteiger partial charge in [0, 0.05) is 12.6 Å². The third kappa shape index (κ3) is 4.80. The fourth-order valence-electron chi connectivity index (χ4n) is 2.04. The lowest BCUT2D eigenvalue weighted by Crippen LogP contribution is -2.26. The summed E-state index contributed by atoms with van der Waals surface area (Å²) in [7, 11) is 1.47. The summed E-state index contributed by atoms with van der Waals surface area (Å²) < 4.78 is 18.3. The average molecular weight is 269 g/mol. The molecule has 0 aromatic heterocycles. The number of aliphatic hydroxyl groups is 1. The van der Waals surface area contributed by atoms with Crippen molar-refractivity contribution in [1.82, 2.24) is 5.32 Å². The van der Waals surface area contributed by atoms with Crippen molar-refractivity contribution in [1.29, 1.82) is 0 Å². The summed E-state index contributed by atoms with van der Waals surface area (Å²) >= 11 is 0. The molecule has 0 heterocycles. The Morgan fingerprint density at radius 1 is 1.42 bits per heavy atom. The summed E-state index contributed by atoms with van der Waals surface area (Å²) in [5.74, 6) is 0.397. The van der Waals surface area contributed by atoms with Gasteiger partial charge in [0.05, 0.1) is 7.11 Å². The monoisotopic (exact) mass is 269 g/mol. The van der Waals surface area contributed by atoms with Crippen LogP contribution in [0.1, 0.15) is 38.3 Å². The minimum atomic E-state index is -0.342. The second-order valence-electron chi connectivity index (χ2n) is 4.81. The van der Waals surface area contributed by atoms with E-state index in [4.69, 9.17) is 9.84 Å². The number of hydrogen-bond donors (Lipinski definition) is 2. The van der Waals surface area contributed by atoms with Crippen molar-refractivity contribution in [2.45, 2.75) is 32.7 Å². The molecule has 0 amide bonds. The highest BCUT2D eigenvalue weighted by molar-refractivity contribution is 5.31. The van der Waals surface area contributed by atoms with Crippen LogP contribution in [0.4, 0.5) is 4.39 Å². The van der Waals surface area contributed by atoms with E-state index in [-0.39, 0.29) is 24.2 Å². The molecule has 0 spiro atoms. The fraction of sp³-hybridized carbons (Fsp3) is 0.600. The molecule has 2 N–H and O–H groups in total. The van der Waals surface area contributed by atoms with Gasteiger partial charge >= 0.3 is 0 Å². The number of ether oxygens (including phenoxy) is 1. The molecule has 1 aromatic rings. The standard InChI is InChI=1S/C15H24FNO2/c1-4-12(7-8-18)10-17-11(2)13-5-6-14(16)15(9-13)19-3/h5-6,9,11-12,17-18H,4,7-8,10H2,1-3H3. The zero-order chi connectivity index (χ0) is 14.3. The lowest BCUT2D eigenvalue weighted by atomic mass is 10.0. The van der Waals surface area contributed by atoms with Crippen LogP contribution in [0, 0.1) is 11.7 Å². The fourth-order valence-corrected chi connectivity index (χ4v) is 2.04. The first-order valence-corrected chi connectivity index (χ1v) is 6.80. The third-order valence-electron chi connectivity index (χ3n) is 3.50. The molecule has 3 nitrogen and oxygen atoms in total. The van der Waals surface area contributed by atoms with Crippen molar-refractivity contribution in [2.75, 3.05) is 20.3 Å². The largest absolute Gasteiger partial charge is 0.494 e. The zero-order valence-corrected chi connectivity index (χ0v) is 11.9. The van der Waals surface area contributed by atoms with E-state index in [0.29, 0.717) is 5.92 Å². The van der Waals surface area contributed by atoms with Gasteiger partial charge in [-0.2, -0.15) is 0 Å². The van der Waals surface area contributed by atoms with Crippen LogP contribution in [0.15, 0.2) is 18.2 Å². The average Bonchev–Trinajstić information content (AvgIpc) is 2.43. The maximum Gasteiger partial charge on any atom is 0.165 e. The SMILES string of the molecule is CCC(CCO)CNC(C)c1ccc(F)c(OC)c1. The van der Waals surface area contributed by atoms with E-state index >= 15 is 0 Å². The van der Waals surface area contributed by atoms with E-state index < -0.39 is 0 Å². The van der Waals surface area contributed by atoms with Gasteiger partial charge in [-0.25, -0.2) is 4.39 Å². The Bertz CT molecular complexity index is 384. The highest BCUT2D eigenvalue weighted by atomic mass is 19.1. The van der Waals surface area contributed by atoms with E-state index in [9.17, 15) is 4.39 Å². The summed E-state index contributed by atoms with van der Waals surface area (Å²) in [4.78, 5) is 0. The summed E-state index contributed by atoms with van der Waals surface area (Å²) in [6.45, 7) is 5.22. The first-order chi connectivity index (χ1) is 9.12. The molecule has 108 valence electrons. The summed E-state index contributed by atoms with van der Waals surface area (Å²) in [5.41, 5.74) is 0.997. The molecule has 4 heteroatoms. The molecule has 0 fully saturated rings. The van der Waals surface area contributed by atoms with Crippen LogP contribution >= 0.6 is 0 Å². The smallest absolute Gasteiger partial charge is 0.165 e. The Hall–Kier alpha value is -1.13. The van der Waals surface area contributed by atoms with Crippen LogP contribution in [0.2, 0.25) is 0 Å². The second-order valence-corrected chi connectivity index (χ2v) is 4.81. The molecule has 19 heavy (non-hydrogen) atoms. The van der Waals surface area contributed by atoms with E-state index in [1.165, 1.54) is 13.2 Å². The third-order valence-corrected chi connectivity index (χ3v) is 3.50. The van der Waals surface area contributed by atoms with E-state index in [1.807, 2.05) is 6.92 Å². The van der Waals surface area contributed by atoms with Gasteiger partial charge in [0.15, 0.2) is 11.6 Å². The molecule has 0 aliphatic carbocycles. The van der Waals surface area contributed by atoms with Crippen LogP contribution in [0.3, 0.4) is 0 Å². The second kappa shape index (κ2) is 8.12. The lowest BCUT2D eigenvalue weighted by Gasteiger charge is -2.20. The molecule has 2 unspecified atom stereocenters. The van der Waals surface area contributed by atoms with Crippen LogP contribution in [0.5, 0.6) is 5.75 Å². The van der Waals surface area contributed by atoms with Crippen LogP contribution in [-0.4, -0.2) is 25.4 Å². The Labute approximate surface area is 114 Å². The van der Waals surface area contributed by atoms with Gasteiger partial charge in [-0.05, 0) is 43.5 Å². The van der Waals surface area contributed by atoms with Gasteiger partial charge in [0.25, 0.3) is 0 Å². The minimum absolute atomic E-state index is 0.127. The Morgan fingerprint density at radius 2 is 2.16 bits per heavy atom. The Balaban J connectivity index is 2.60. The van der Waals surface area contributed by atoms with Crippen molar-refractivity contribution < 1.29 is 14.2 Å². The molecule has 2 atom stereocenters. The summed E-state index contributed by atoms with van der Waals surface area (Å²) in [5, 5.41) is 12.4. The summed E-state index contributed by atoms with van der Waals surface area (Å²) in [6.07, 6.45) is 1.84. The maximum atomic E-state index is 13.3. The van der Waals surface area contributed by atoms with Crippen LogP contribution in [-0.2, 0) is 0 Å². The molecule has 0 aliphatic heterocycles. The first-order valence-electron chi connectivity index (χ1n) is 6.80. The maximum absolute atomic E-state index is 13.3. The highest BCUT2D eigenvalue weighted by Crippen LogP contribution is 2.22. The molecule has 0 saturated heterocycles. The van der Waals surface area contributed by atoms with Crippen LogP contribution in [0.25, 0.3) is 0 Å². The number of nitrogens with one attached hydrogen (secondary N) is 1. The van der Waals surface area contributed by atoms with Gasteiger partial charge in [0.2, 0.25) is 0 Å². The molecule has 0 aliphatic rings. The van der Waals surface area contributed by atoms with Crippen molar-refractivity contribution >= 4 is 0 Å². The Morgan fingerprint density at radius 3 is 2.74 bits per heavy atom. The Kier molecular flexibility index (Phi) is 6.81. The normalized spacial score (nSPS) is 14.2. The highest BCUT2D eigenvalue weighted by Gasteiger charge is 2.11.